The summed E-state index contributed by atoms with van der Waals surface area (Å²) in [6, 6.07) is 18.6. The highest BCUT2D eigenvalue weighted by Gasteiger charge is 2.12. The number of pyridine rings is 1. The summed E-state index contributed by atoms with van der Waals surface area (Å²) in [7, 11) is 0. The van der Waals surface area contributed by atoms with Crippen LogP contribution in [0.25, 0.3) is 0 Å². The third-order valence-corrected chi connectivity index (χ3v) is 3.99. The lowest BCUT2D eigenvalue weighted by Crippen LogP contribution is -2.23. The van der Waals surface area contributed by atoms with Crippen molar-refractivity contribution >= 4 is 11.6 Å². The lowest BCUT2D eigenvalue weighted by atomic mass is 10.1. The predicted octanol–water partition coefficient (Wildman–Crippen LogP) is 3.82. The molecule has 0 spiro atoms. The Morgan fingerprint density at radius 1 is 1.04 bits per heavy atom. The molecule has 0 fully saturated rings. The molecule has 1 aromatic heterocycles. The van der Waals surface area contributed by atoms with Crippen molar-refractivity contribution in [2.75, 3.05) is 5.32 Å². The van der Waals surface area contributed by atoms with E-state index in [1.165, 1.54) is 6.07 Å². The number of nitrogens with one attached hydrogen (secondary N) is 2. The van der Waals surface area contributed by atoms with E-state index in [9.17, 15) is 9.59 Å². The van der Waals surface area contributed by atoms with Gasteiger partial charge in [-0.2, -0.15) is 0 Å². The molecule has 0 saturated carbocycles. The number of H-pyrrole nitrogens is 1. The van der Waals surface area contributed by atoms with Crippen molar-refractivity contribution in [3.63, 3.8) is 0 Å². The first kappa shape index (κ1) is 17.5. The number of rotatable bonds is 5. The lowest BCUT2D eigenvalue weighted by Gasteiger charge is -2.11. The molecule has 0 aliphatic carbocycles. The zero-order valence-electron chi connectivity index (χ0n) is 14.7. The topological polar surface area (TPSA) is 71.2 Å². The molecule has 1 amide bonds. The van der Waals surface area contributed by atoms with Gasteiger partial charge < -0.3 is 15.0 Å². The van der Waals surface area contributed by atoms with Crippen LogP contribution in [0, 0.1) is 13.8 Å². The van der Waals surface area contributed by atoms with Crippen molar-refractivity contribution in [3.8, 4) is 5.75 Å². The molecule has 3 rings (SSSR count). The van der Waals surface area contributed by atoms with E-state index < -0.39 is 11.5 Å². The summed E-state index contributed by atoms with van der Waals surface area (Å²) >= 11 is 0. The molecule has 0 aliphatic heterocycles. The molecule has 5 heteroatoms. The Bertz CT molecular complexity index is 978. The van der Waals surface area contributed by atoms with Gasteiger partial charge in [0.25, 0.3) is 11.5 Å². The molecule has 3 aromatic rings. The monoisotopic (exact) mass is 348 g/mol. The number of benzene rings is 2. The van der Waals surface area contributed by atoms with E-state index in [4.69, 9.17) is 4.74 Å². The SMILES string of the molecule is Cc1ccc(C(=O)Nc2ccc(OCc3ccccc3)cc2C)c(=O)[nH]1. The van der Waals surface area contributed by atoms with E-state index in [1.54, 1.807) is 25.1 Å². The molecule has 2 aromatic carbocycles. The first-order valence-electron chi connectivity index (χ1n) is 8.31. The molecule has 0 saturated heterocycles. The maximum Gasteiger partial charge on any atom is 0.261 e. The van der Waals surface area contributed by atoms with Gasteiger partial charge in [-0.05, 0) is 55.3 Å². The number of anilines is 1. The van der Waals surface area contributed by atoms with Gasteiger partial charge in [-0.15, -0.1) is 0 Å². The molecule has 0 atom stereocenters. The first-order chi connectivity index (χ1) is 12.5. The lowest BCUT2D eigenvalue weighted by molar-refractivity contribution is 0.102. The van der Waals surface area contributed by atoms with Gasteiger partial charge >= 0.3 is 0 Å². The van der Waals surface area contributed by atoms with Crippen LogP contribution in [0.15, 0.2) is 65.5 Å². The van der Waals surface area contributed by atoms with Gasteiger partial charge in [0.15, 0.2) is 0 Å². The molecule has 132 valence electrons. The zero-order chi connectivity index (χ0) is 18.5. The number of ether oxygens (including phenoxy) is 1. The van der Waals surface area contributed by atoms with Gasteiger partial charge in [-0.25, -0.2) is 0 Å². The fourth-order valence-electron chi connectivity index (χ4n) is 2.55. The Balaban J connectivity index is 1.69. The van der Waals surface area contributed by atoms with Crippen LogP contribution in [0.5, 0.6) is 5.75 Å². The van der Waals surface area contributed by atoms with Crippen molar-refractivity contribution in [1.29, 1.82) is 0 Å². The van der Waals surface area contributed by atoms with Crippen LogP contribution >= 0.6 is 0 Å². The highest BCUT2D eigenvalue weighted by molar-refractivity contribution is 6.04. The second kappa shape index (κ2) is 7.70. The average Bonchev–Trinajstić information content (AvgIpc) is 2.63. The molecule has 5 nitrogen and oxygen atoms in total. The minimum Gasteiger partial charge on any atom is -0.489 e. The van der Waals surface area contributed by atoms with Crippen molar-refractivity contribution in [2.45, 2.75) is 20.5 Å². The van der Waals surface area contributed by atoms with Gasteiger partial charge in [0.05, 0.1) is 0 Å². The number of carbonyl (C=O) groups excluding carboxylic acids is 1. The molecule has 0 unspecified atom stereocenters. The number of aromatic nitrogens is 1. The van der Waals surface area contributed by atoms with Crippen LogP contribution in [-0.2, 0) is 6.61 Å². The van der Waals surface area contributed by atoms with Crippen molar-refractivity contribution in [2.24, 2.45) is 0 Å². The largest absolute Gasteiger partial charge is 0.489 e. The summed E-state index contributed by atoms with van der Waals surface area (Å²) in [5.74, 6) is 0.282. The molecular formula is C21H20N2O3. The molecule has 0 aliphatic rings. The number of carbonyl (C=O) groups is 1. The van der Waals surface area contributed by atoms with Gasteiger partial charge in [-0.3, -0.25) is 9.59 Å². The van der Waals surface area contributed by atoms with E-state index in [1.807, 2.05) is 43.3 Å². The summed E-state index contributed by atoms with van der Waals surface area (Å²) < 4.78 is 5.78. The first-order valence-corrected chi connectivity index (χ1v) is 8.31. The van der Waals surface area contributed by atoms with Crippen LogP contribution in [0.1, 0.15) is 27.2 Å². The molecule has 0 bridgehead atoms. The Kier molecular flexibility index (Phi) is 5.17. The van der Waals surface area contributed by atoms with Gasteiger partial charge in [0, 0.05) is 11.4 Å². The Labute approximate surface area is 151 Å². The summed E-state index contributed by atoms with van der Waals surface area (Å²) in [5, 5.41) is 2.77. The Hall–Kier alpha value is -3.34. The second-order valence-electron chi connectivity index (χ2n) is 6.09. The molecule has 1 heterocycles. The van der Waals surface area contributed by atoms with Crippen molar-refractivity contribution in [3.05, 3.63) is 93.4 Å². The van der Waals surface area contributed by atoms with Crippen molar-refractivity contribution < 1.29 is 9.53 Å². The fraction of sp³-hybridized carbons (Fsp3) is 0.143. The Morgan fingerprint density at radius 2 is 1.81 bits per heavy atom. The van der Waals surface area contributed by atoms with Crippen LogP contribution in [0.2, 0.25) is 0 Å². The van der Waals surface area contributed by atoms with Gasteiger partial charge in [0.1, 0.15) is 17.9 Å². The number of aryl methyl sites for hydroxylation is 2. The molecule has 2 N–H and O–H groups in total. The summed E-state index contributed by atoms with van der Waals surface area (Å²) in [5.41, 5.74) is 2.97. The predicted molar refractivity (Wildman–Crippen MR) is 102 cm³/mol. The van der Waals surface area contributed by atoms with E-state index in [0.717, 1.165) is 16.9 Å². The minimum atomic E-state index is -0.438. The summed E-state index contributed by atoms with van der Waals surface area (Å²) in [6.07, 6.45) is 0. The molecular weight excluding hydrogens is 328 g/mol. The van der Waals surface area contributed by atoms with E-state index in [0.29, 0.717) is 18.0 Å². The Morgan fingerprint density at radius 3 is 2.50 bits per heavy atom. The van der Waals surface area contributed by atoms with Crippen LogP contribution in [0.4, 0.5) is 5.69 Å². The molecule has 0 radical (unpaired) electrons. The third kappa shape index (κ3) is 4.19. The van der Waals surface area contributed by atoms with E-state index in [-0.39, 0.29) is 5.56 Å². The maximum atomic E-state index is 12.3. The highest BCUT2D eigenvalue weighted by atomic mass is 16.5. The minimum absolute atomic E-state index is 0.0828. The van der Waals surface area contributed by atoms with Gasteiger partial charge in [-0.1, -0.05) is 30.3 Å². The maximum absolute atomic E-state index is 12.3. The summed E-state index contributed by atoms with van der Waals surface area (Å²) in [4.78, 5) is 26.9. The standard InChI is InChI=1S/C21H20N2O3/c1-14-12-17(26-13-16-6-4-3-5-7-16)9-11-19(14)23-21(25)18-10-8-15(2)22-20(18)24/h3-12H,13H2,1-2H3,(H,22,24)(H,23,25). The smallest absolute Gasteiger partial charge is 0.261 e. The van der Waals surface area contributed by atoms with Gasteiger partial charge in [0.2, 0.25) is 0 Å². The van der Waals surface area contributed by atoms with Crippen LogP contribution in [-0.4, -0.2) is 10.9 Å². The number of hydrogen-bond acceptors (Lipinski definition) is 3. The average molecular weight is 348 g/mol. The van der Waals surface area contributed by atoms with E-state index in [2.05, 4.69) is 10.3 Å². The number of aromatic amines is 1. The second-order valence-corrected chi connectivity index (χ2v) is 6.09. The fourth-order valence-corrected chi connectivity index (χ4v) is 2.55. The normalized spacial score (nSPS) is 10.4. The molecule has 26 heavy (non-hydrogen) atoms. The number of amides is 1. The quantitative estimate of drug-likeness (QED) is 0.736. The number of hydrogen-bond donors (Lipinski definition) is 2. The van der Waals surface area contributed by atoms with Crippen LogP contribution < -0.4 is 15.6 Å². The highest BCUT2D eigenvalue weighted by Crippen LogP contribution is 2.22. The van der Waals surface area contributed by atoms with Crippen LogP contribution in [0.3, 0.4) is 0 Å². The van der Waals surface area contributed by atoms with Crippen molar-refractivity contribution in [1.82, 2.24) is 4.98 Å². The zero-order valence-corrected chi connectivity index (χ0v) is 14.7. The van der Waals surface area contributed by atoms with E-state index >= 15 is 0 Å². The summed E-state index contributed by atoms with van der Waals surface area (Å²) in [6.45, 7) is 4.12. The third-order valence-electron chi connectivity index (χ3n) is 3.99.